The zero-order chi connectivity index (χ0) is 9.40. The average Bonchev–Trinajstić information content (AvgIpc) is 2.12. The van der Waals surface area contributed by atoms with Gasteiger partial charge in [0.05, 0.1) is 6.07 Å². The van der Waals surface area contributed by atoms with Crippen molar-refractivity contribution in [2.24, 2.45) is 0 Å². The molecule has 0 bridgehead atoms. The summed E-state index contributed by atoms with van der Waals surface area (Å²) in [5, 5.41) is 8.68. The fourth-order valence-corrected chi connectivity index (χ4v) is 1.02. The van der Waals surface area contributed by atoms with Gasteiger partial charge in [-0.2, -0.15) is 5.26 Å². The molecule has 0 saturated heterocycles. The molecule has 0 N–H and O–H groups in total. The molecule has 0 radical (unpaired) electrons. The van der Waals surface area contributed by atoms with E-state index in [2.05, 4.69) is 13.0 Å². The summed E-state index contributed by atoms with van der Waals surface area (Å²) < 4.78 is 0. The number of carbonyl (C=O) groups is 1. The summed E-state index contributed by atoms with van der Waals surface area (Å²) in [7, 11) is 0. The third-order valence-electron chi connectivity index (χ3n) is 1.84. The molecule has 3 heteroatoms. The Labute approximate surface area is 74.0 Å². The summed E-state index contributed by atoms with van der Waals surface area (Å²) in [5.74, 6) is 0. The lowest BCUT2D eigenvalue weighted by atomic mass is 10.2. The third-order valence-corrected chi connectivity index (χ3v) is 1.84. The molecule has 0 rings (SSSR count). The van der Waals surface area contributed by atoms with Crippen molar-refractivity contribution in [1.82, 2.24) is 4.90 Å². The van der Waals surface area contributed by atoms with Gasteiger partial charge in [0.2, 0.25) is 6.41 Å². The van der Waals surface area contributed by atoms with E-state index in [0.29, 0.717) is 13.0 Å². The zero-order valence-electron chi connectivity index (χ0n) is 7.79. The van der Waals surface area contributed by atoms with Crippen LogP contribution in [0.1, 0.15) is 33.1 Å². The number of hydrogen-bond donors (Lipinski definition) is 0. The molecule has 1 unspecified atom stereocenters. The summed E-state index contributed by atoms with van der Waals surface area (Å²) >= 11 is 0. The number of rotatable bonds is 6. The molecule has 12 heavy (non-hydrogen) atoms. The summed E-state index contributed by atoms with van der Waals surface area (Å²) in [6.07, 6.45) is 3.50. The van der Waals surface area contributed by atoms with Gasteiger partial charge in [-0.25, -0.2) is 0 Å². The highest BCUT2D eigenvalue weighted by atomic mass is 16.1. The Hall–Kier alpha value is -1.04. The molecular weight excluding hydrogens is 152 g/mol. The molecule has 0 aromatic rings. The van der Waals surface area contributed by atoms with Gasteiger partial charge in [-0.15, -0.1) is 0 Å². The maximum atomic E-state index is 10.5. The van der Waals surface area contributed by atoms with Gasteiger partial charge >= 0.3 is 0 Å². The van der Waals surface area contributed by atoms with Gasteiger partial charge < -0.3 is 4.90 Å². The smallest absolute Gasteiger partial charge is 0.210 e. The molecule has 0 aromatic heterocycles. The van der Waals surface area contributed by atoms with Crippen LogP contribution in [0.2, 0.25) is 0 Å². The maximum Gasteiger partial charge on any atom is 0.210 e. The maximum absolute atomic E-state index is 10.5. The average molecular weight is 168 g/mol. The number of nitriles is 1. The highest BCUT2D eigenvalue weighted by Gasteiger charge is 2.12. The van der Waals surface area contributed by atoms with Crippen molar-refractivity contribution in [3.8, 4) is 6.07 Å². The molecule has 0 aliphatic rings. The standard InChI is InChI=1S/C9H16N2O/c1-3-5-6-11(8-12)9(4-2)7-10/h8-9H,3-6H2,1-2H3. The molecule has 0 saturated carbocycles. The predicted molar refractivity (Wildman–Crippen MR) is 47.4 cm³/mol. The van der Waals surface area contributed by atoms with Crippen LogP contribution in [0.5, 0.6) is 0 Å². The van der Waals surface area contributed by atoms with Gasteiger partial charge in [-0.1, -0.05) is 20.3 Å². The molecule has 0 aliphatic carbocycles. The van der Waals surface area contributed by atoms with Crippen LogP contribution in [0.3, 0.4) is 0 Å². The van der Waals surface area contributed by atoms with E-state index < -0.39 is 0 Å². The Balaban J connectivity index is 3.95. The highest BCUT2D eigenvalue weighted by molar-refractivity contribution is 5.48. The van der Waals surface area contributed by atoms with Crippen molar-refractivity contribution < 1.29 is 4.79 Å². The van der Waals surface area contributed by atoms with Crippen LogP contribution in [0, 0.1) is 11.3 Å². The van der Waals surface area contributed by atoms with Crippen LogP contribution < -0.4 is 0 Å². The molecule has 1 atom stereocenters. The van der Waals surface area contributed by atoms with Crippen molar-refractivity contribution in [3.63, 3.8) is 0 Å². The number of amides is 1. The van der Waals surface area contributed by atoms with Crippen LogP contribution in [-0.4, -0.2) is 23.9 Å². The Morgan fingerprint density at radius 2 is 2.25 bits per heavy atom. The van der Waals surface area contributed by atoms with Crippen molar-refractivity contribution in [1.29, 1.82) is 5.26 Å². The van der Waals surface area contributed by atoms with E-state index in [1.165, 1.54) is 0 Å². The Kier molecular flexibility index (Phi) is 6.08. The second kappa shape index (κ2) is 6.66. The minimum atomic E-state index is -0.242. The lowest BCUT2D eigenvalue weighted by Gasteiger charge is -2.21. The van der Waals surface area contributed by atoms with Crippen LogP contribution in [0.15, 0.2) is 0 Å². The van der Waals surface area contributed by atoms with Crippen molar-refractivity contribution in [3.05, 3.63) is 0 Å². The molecule has 3 nitrogen and oxygen atoms in total. The van der Waals surface area contributed by atoms with Crippen LogP contribution >= 0.6 is 0 Å². The van der Waals surface area contributed by atoms with Crippen molar-refractivity contribution in [2.75, 3.05) is 6.54 Å². The monoisotopic (exact) mass is 168 g/mol. The van der Waals surface area contributed by atoms with Crippen molar-refractivity contribution >= 4 is 6.41 Å². The van der Waals surface area contributed by atoms with E-state index in [1.807, 2.05) is 6.92 Å². The van der Waals surface area contributed by atoms with Gasteiger partial charge in [-0.3, -0.25) is 4.79 Å². The normalized spacial score (nSPS) is 11.8. The Morgan fingerprint density at radius 3 is 2.58 bits per heavy atom. The first kappa shape index (κ1) is 11.0. The quantitative estimate of drug-likeness (QED) is 0.565. The van der Waals surface area contributed by atoms with Gasteiger partial charge in [0, 0.05) is 6.54 Å². The second-order valence-corrected chi connectivity index (χ2v) is 2.75. The van der Waals surface area contributed by atoms with Crippen LogP contribution in [0.4, 0.5) is 0 Å². The molecule has 1 amide bonds. The van der Waals surface area contributed by atoms with Crippen LogP contribution in [0.25, 0.3) is 0 Å². The third kappa shape index (κ3) is 3.38. The summed E-state index contributed by atoms with van der Waals surface area (Å²) in [5.41, 5.74) is 0. The predicted octanol–water partition coefficient (Wildman–Crippen LogP) is 1.55. The molecule has 68 valence electrons. The zero-order valence-corrected chi connectivity index (χ0v) is 7.79. The molecular formula is C9H16N2O. The molecule has 0 aliphatic heterocycles. The molecule has 0 spiro atoms. The van der Waals surface area contributed by atoms with Gasteiger partial charge in [-0.05, 0) is 12.8 Å². The lowest BCUT2D eigenvalue weighted by Crippen LogP contribution is -2.33. The summed E-state index contributed by atoms with van der Waals surface area (Å²) in [6.45, 7) is 4.68. The summed E-state index contributed by atoms with van der Waals surface area (Å²) in [6, 6.07) is 1.86. The van der Waals surface area contributed by atoms with Crippen molar-refractivity contribution in [2.45, 2.75) is 39.2 Å². The summed E-state index contributed by atoms with van der Waals surface area (Å²) in [4.78, 5) is 12.1. The van der Waals surface area contributed by atoms with E-state index in [9.17, 15) is 4.79 Å². The van der Waals surface area contributed by atoms with Gasteiger partial charge in [0.25, 0.3) is 0 Å². The first-order valence-electron chi connectivity index (χ1n) is 4.40. The number of nitrogens with zero attached hydrogens (tertiary/aromatic N) is 2. The van der Waals surface area contributed by atoms with E-state index in [1.54, 1.807) is 4.90 Å². The fraction of sp³-hybridized carbons (Fsp3) is 0.778. The number of carbonyl (C=O) groups excluding carboxylic acids is 1. The van der Waals surface area contributed by atoms with E-state index >= 15 is 0 Å². The Bertz CT molecular complexity index is 162. The lowest BCUT2D eigenvalue weighted by molar-refractivity contribution is -0.119. The second-order valence-electron chi connectivity index (χ2n) is 2.75. The molecule has 0 heterocycles. The number of unbranched alkanes of at least 4 members (excludes halogenated alkanes) is 1. The minimum absolute atomic E-state index is 0.242. The SMILES string of the molecule is CCCCN(C=O)C(C#N)CC. The fourth-order valence-electron chi connectivity index (χ4n) is 1.02. The van der Waals surface area contributed by atoms with E-state index in [-0.39, 0.29) is 6.04 Å². The first-order chi connectivity index (χ1) is 5.79. The minimum Gasteiger partial charge on any atom is -0.329 e. The first-order valence-corrected chi connectivity index (χ1v) is 4.40. The topological polar surface area (TPSA) is 44.1 Å². The number of hydrogen-bond acceptors (Lipinski definition) is 2. The molecule has 0 fully saturated rings. The molecule has 0 aromatic carbocycles. The van der Waals surface area contributed by atoms with Crippen LogP contribution in [-0.2, 0) is 4.79 Å². The highest BCUT2D eigenvalue weighted by Crippen LogP contribution is 2.02. The Morgan fingerprint density at radius 1 is 1.58 bits per heavy atom. The van der Waals surface area contributed by atoms with E-state index in [4.69, 9.17) is 5.26 Å². The van der Waals surface area contributed by atoms with Gasteiger partial charge in [0.15, 0.2) is 0 Å². The van der Waals surface area contributed by atoms with Gasteiger partial charge in [0.1, 0.15) is 6.04 Å². The van der Waals surface area contributed by atoms with E-state index in [0.717, 1.165) is 19.3 Å². The largest absolute Gasteiger partial charge is 0.329 e.